The van der Waals surface area contributed by atoms with Gasteiger partial charge in [-0.3, -0.25) is 0 Å². The van der Waals surface area contributed by atoms with E-state index in [2.05, 4.69) is 5.32 Å². The first kappa shape index (κ1) is 16.1. The predicted octanol–water partition coefficient (Wildman–Crippen LogP) is 0.484. The lowest BCUT2D eigenvalue weighted by molar-refractivity contribution is 0.0957. The average Bonchev–Trinajstić information content (AvgIpc) is 2.37. The summed E-state index contributed by atoms with van der Waals surface area (Å²) in [5.74, 6) is 0. The maximum atomic E-state index is 11.4. The summed E-state index contributed by atoms with van der Waals surface area (Å²) < 4.78 is 22.7. The van der Waals surface area contributed by atoms with E-state index in [0.29, 0.717) is 0 Å². The fourth-order valence-corrected chi connectivity index (χ4v) is 2.38. The van der Waals surface area contributed by atoms with E-state index in [-0.39, 0.29) is 24.2 Å². The molecule has 3 N–H and O–H groups in total. The van der Waals surface area contributed by atoms with Gasteiger partial charge in [-0.05, 0) is 31.5 Å². The van der Waals surface area contributed by atoms with Gasteiger partial charge in [0.05, 0.1) is 23.6 Å². The summed E-state index contributed by atoms with van der Waals surface area (Å²) in [6, 6.07) is 6.45. The second-order valence-electron chi connectivity index (χ2n) is 5.08. The van der Waals surface area contributed by atoms with Gasteiger partial charge in [-0.1, -0.05) is 12.1 Å². The summed E-state index contributed by atoms with van der Waals surface area (Å²) in [6.07, 6.45) is 1.16. The van der Waals surface area contributed by atoms with Crippen LogP contribution in [0.1, 0.15) is 25.5 Å². The predicted molar refractivity (Wildman–Crippen MR) is 73.7 cm³/mol. The molecular formula is C13H21NO4S. The Morgan fingerprint density at radius 3 is 2.05 bits per heavy atom. The molecule has 0 amide bonds. The summed E-state index contributed by atoms with van der Waals surface area (Å²) in [4.78, 5) is 0.274. The molecule has 1 aromatic rings. The van der Waals surface area contributed by atoms with E-state index >= 15 is 0 Å². The van der Waals surface area contributed by atoms with Crippen molar-refractivity contribution in [1.29, 1.82) is 0 Å². The highest BCUT2D eigenvalue weighted by Gasteiger charge is 2.24. The summed E-state index contributed by atoms with van der Waals surface area (Å²) in [7, 11) is -3.19. The molecule has 108 valence electrons. The molecule has 1 unspecified atom stereocenters. The highest BCUT2D eigenvalue weighted by Crippen LogP contribution is 2.18. The molecule has 0 fully saturated rings. The molecule has 0 radical (unpaired) electrons. The third-order valence-corrected chi connectivity index (χ3v) is 4.20. The van der Waals surface area contributed by atoms with Crippen molar-refractivity contribution >= 4 is 9.84 Å². The van der Waals surface area contributed by atoms with Gasteiger partial charge in [0.2, 0.25) is 0 Å². The van der Waals surface area contributed by atoms with Gasteiger partial charge in [-0.15, -0.1) is 0 Å². The van der Waals surface area contributed by atoms with Crippen LogP contribution < -0.4 is 5.32 Å². The van der Waals surface area contributed by atoms with Gasteiger partial charge < -0.3 is 15.5 Å². The summed E-state index contributed by atoms with van der Waals surface area (Å²) in [6.45, 7) is 3.23. The van der Waals surface area contributed by atoms with Crippen molar-refractivity contribution in [2.24, 2.45) is 0 Å². The number of benzene rings is 1. The molecule has 0 aliphatic carbocycles. The van der Waals surface area contributed by atoms with Crippen LogP contribution in [-0.4, -0.2) is 43.6 Å². The molecule has 0 heterocycles. The topological polar surface area (TPSA) is 86.6 Å². The van der Waals surface area contributed by atoms with E-state index in [9.17, 15) is 18.6 Å². The second-order valence-corrected chi connectivity index (χ2v) is 7.10. The zero-order valence-corrected chi connectivity index (χ0v) is 12.2. The molecule has 1 aromatic carbocycles. The van der Waals surface area contributed by atoms with Crippen molar-refractivity contribution in [3.8, 4) is 0 Å². The van der Waals surface area contributed by atoms with Crippen molar-refractivity contribution in [2.45, 2.75) is 30.3 Å². The molecule has 0 spiro atoms. The first-order chi connectivity index (χ1) is 8.72. The van der Waals surface area contributed by atoms with E-state index in [0.717, 1.165) is 11.8 Å². The standard InChI is InChI=1S/C13H21NO4S/c1-10(14-13(2,8-15)9-16)11-4-6-12(7-5-11)19(3,17)18/h4-7,10,14-16H,8-9H2,1-3H3. The lowest BCUT2D eigenvalue weighted by Gasteiger charge is -2.30. The van der Waals surface area contributed by atoms with Crippen LogP contribution in [-0.2, 0) is 9.84 Å². The number of aliphatic hydroxyl groups is 2. The van der Waals surface area contributed by atoms with Crippen molar-refractivity contribution in [2.75, 3.05) is 19.5 Å². The quantitative estimate of drug-likeness (QED) is 0.708. The summed E-state index contributed by atoms with van der Waals surface area (Å²) >= 11 is 0. The Hall–Kier alpha value is -0.950. The minimum absolute atomic E-state index is 0.113. The lowest BCUT2D eigenvalue weighted by Crippen LogP contribution is -2.49. The van der Waals surface area contributed by atoms with E-state index in [4.69, 9.17) is 0 Å². The third kappa shape index (κ3) is 4.28. The number of rotatable bonds is 6. The molecule has 0 saturated carbocycles. The SMILES string of the molecule is CC(NC(C)(CO)CO)c1ccc(S(C)(=O)=O)cc1. The average molecular weight is 287 g/mol. The molecule has 0 saturated heterocycles. The molecule has 19 heavy (non-hydrogen) atoms. The summed E-state index contributed by atoms with van der Waals surface area (Å²) in [5, 5.41) is 21.6. The maximum absolute atomic E-state index is 11.4. The molecule has 0 aliphatic rings. The van der Waals surface area contributed by atoms with Gasteiger partial charge in [0.25, 0.3) is 0 Å². The molecule has 5 nitrogen and oxygen atoms in total. The van der Waals surface area contributed by atoms with E-state index in [1.54, 1.807) is 31.2 Å². The number of hydrogen-bond acceptors (Lipinski definition) is 5. The second kappa shape index (κ2) is 6.00. The molecule has 0 bridgehead atoms. The first-order valence-electron chi connectivity index (χ1n) is 6.01. The van der Waals surface area contributed by atoms with Crippen molar-refractivity contribution < 1.29 is 18.6 Å². The fraction of sp³-hybridized carbons (Fsp3) is 0.538. The van der Waals surface area contributed by atoms with E-state index < -0.39 is 15.4 Å². The van der Waals surface area contributed by atoms with Gasteiger partial charge in [-0.25, -0.2) is 8.42 Å². The minimum atomic E-state index is -3.19. The Kier molecular flexibility index (Phi) is 5.09. The van der Waals surface area contributed by atoms with Crippen LogP contribution in [0.25, 0.3) is 0 Å². The Morgan fingerprint density at radius 2 is 1.68 bits per heavy atom. The maximum Gasteiger partial charge on any atom is 0.175 e. The van der Waals surface area contributed by atoms with Crippen LogP contribution in [0.4, 0.5) is 0 Å². The van der Waals surface area contributed by atoms with Crippen LogP contribution in [0.5, 0.6) is 0 Å². The molecule has 0 aromatic heterocycles. The van der Waals surface area contributed by atoms with E-state index in [1.807, 2.05) is 6.92 Å². The molecule has 1 rings (SSSR count). The highest BCUT2D eigenvalue weighted by atomic mass is 32.2. The molecule has 1 atom stereocenters. The van der Waals surface area contributed by atoms with Crippen LogP contribution in [0.2, 0.25) is 0 Å². The van der Waals surface area contributed by atoms with Crippen LogP contribution in [0.3, 0.4) is 0 Å². The fourth-order valence-electron chi connectivity index (χ4n) is 1.75. The molecule has 6 heteroatoms. The van der Waals surface area contributed by atoms with Gasteiger partial charge >= 0.3 is 0 Å². The lowest BCUT2D eigenvalue weighted by atomic mass is 10.0. The van der Waals surface area contributed by atoms with Crippen molar-refractivity contribution in [3.05, 3.63) is 29.8 Å². The smallest absolute Gasteiger partial charge is 0.175 e. The number of nitrogens with one attached hydrogen (secondary N) is 1. The highest BCUT2D eigenvalue weighted by molar-refractivity contribution is 7.90. The number of hydrogen-bond donors (Lipinski definition) is 3. The van der Waals surface area contributed by atoms with Gasteiger partial charge in [-0.2, -0.15) is 0 Å². The normalized spacial score (nSPS) is 14.4. The Balaban J connectivity index is 2.87. The zero-order chi connectivity index (χ0) is 14.7. The molecule has 0 aliphatic heterocycles. The van der Waals surface area contributed by atoms with Gasteiger partial charge in [0.15, 0.2) is 9.84 Å². The monoisotopic (exact) mass is 287 g/mol. The molecular weight excluding hydrogens is 266 g/mol. The largest absolute Gasteiger partial charge is 0.394 e. The number of sulfone groups is 1. The van der Waals surface area contributed by atoms with Crippen LogP contribution in [0, 0.1) is 0 Å². The Morgan fingerprint density at radius 1 is 1.21 bits per heavy atom. The summed E-state index contributed by atoms with van der Waals surface area (Å²) in [5.41, 5.74) is 0.120. The van der Waals surface area contributed by atoms with E-state index in [1.165, 1.54) is 0 Å². The number of aliphatic hydroxyl groups excluding tert-OH is 2. The third-order valence-electron chi connectivity index (χ3n) is 3.07. The Bertz CT molecular complexity index is 506. The van der Waals surface area contributed by atoms with Crippen molar-refractivity contribution in [3.63, 3.8) is 0 Å². The first-order valence-corrected chi connectivity index (χ1v) is 7.90. The zero-order valence-electron chi connectivity index (χ0n) is 11.4. The van der Waals surface area contributed by atoms with Gasteiger partial charge in [0, 0.05) is 12.3 Å². The van der Waals surface area contributed by atoms with Crippen molar-refractivity contribution in [1.82, 2.24) is 5.32 Å². The van der Waals surface area contributed by atoms with Crippen LogP contribution >= 0.6 is 0 Å². The Labute approximate surface area is 114 Å². The minimum Gasteiger partial charge on any atom is -0.394 e. The van der Waals surface area contributed by atoms with Gasteiger partial charge in [0.1, 0.15) is 0 Å². The van der Waals surface area contributed by atoms with Crippen LogP contribution in [0.15, 0.2) is 29.2 Å².